The van der Waals surface area contributed by atoms with E-state index in [2.05, 4.69) is 36.5 Å². The number of hydrogen-bond acceptors (Lipinski definition) is 1. The molecule has 0 saturated heterocycles. The van der Waals surface area contributed by atoms with E-state index in [9.17, 15) is 4.79 Å². The highest BCUT2D eigenvalue weighted by Crippen LogP contribution is 2.02. The highest BCUT2D eigenvalue weighted by molar-refractivity contribution is 5.75. The van der Waals surface area contributed by atoms with E-state index in [1.165, 1.54) is 12.0 Å². The summed E-state index contributed by atoms with van der Waals surface area (Å²) in [6.45, 7) is 2.94. The fourth-order valence-corrected chi connectivity index (χ4v) is 1.79. The zero-order valence-electron chi connectivity index (χ0n) is 10.7. The molecule has 0 aromatic heterocycles. The van der Waals surface area contributed by atoms with Crippen molar-refractivity contribution in [3.63, 3.8) is 0 Å². The Bertz CT molecular complexity index is 308. The van der Waals surface area contributed by atoms with Crippen LogP contribution < -0.4 is 5.32 Å². The molecule has 1 aromatic carbocycles. The van der Waals surface area contributed by atoms with Crippen LogP contribution in [0.1, 0.15) is 44.6 Å². The summed E-state index contributed by atoms with van der Waals surface area (Å²) in [5, 5.41) is 2.97. The highest BCUT2D eigenvalue weighted by atomic mass is 16.1. The average Bonchev–Trinajstić information content (AvgIpc) is 2.36. The van der Waals surface area contributed by atoms with Gasteiger partial charge in [-0.25, -0.2) is 0 Å². The minimum Gasteiger partial charge on any atom is -0.356 e. The highest BCUT2D eigenvalue weighted by Gasteiger charge is 1.99. The summed E-state index contributed by atoms with van der Waals surface area (Å²) in [6, 6.07) is 10.4. The van der Waals surface area contributed by atoms with Crippen LogP contribution in [0.5, 0.6) is 0 Å². The van der Waals surface area contributed by atoms with Gasteiger partial charge in [0.25, 0.3) is 0 Å². The molecule has 0 atom stereocenters. The van der Waals surface area contributed by atoms with Crippen LogP contribution in [0.15, 0.2) is 30.3 Å². The van der Waals surface area contributed by atoms with Crippen LogP contribution in [0.3, 0.4) is 0 Å². The number of unbranched alkanes of at least 4 members (excludes halogenated alkanes) is 2. The van der Waals surface area contributed by atoms with Crippen LogP contribution in [0.4, 0.5) is 0 Å². The number of amides is 1. The molecule has 2 heteroatoms. The third kappa shape index (κ3) is 6.77. The number of rotatable bonds is 8. The van der Waals surface area contributed by atoms with Gasteiger partial charge in [-0.05, 0) is 24.8 Å². The molecule has 17 heavy (non-hydrogen) atoms. The first-order chi connectivity index (χ1) is 8.33. The summed E-state index contributed by atoms with van der Waals surface area (Å²) in [6.07, 6.45) is 6.07. The van der Waals surface area contributed by atoms with Crippen molar-refractivity contribution in [2.75, 3.05) is 6.54 Å². The lowest BCUT2D eigenvalue weighted by molar-refractivity contribution is -0.121. The molecule has 0 bridgehead atoms. The number of carbonyl (C=O) groups is 1. The van der Waals surface area contributed by atoms with E-state index < -0.39 is 0 Å². The largest absolute Gasteiger partial charge is 0.356 e. The van der Waals surface area contributed by atoms with Crippen LogP contribution in [-0.2, 0) is 11.2 Å². The molecule has 0 aliphatic rings. The van der Waals surface area contributed by atoms with E-state index in [0.717, 1.165) is 32.2 Å². The van der Waals surface area contributed by atoms with Gasteiger partial charge in [0.05, 0.1) is 0 Å². The smallest absolute Gasteiger partial charge is 0.219 e. The van der Waals surface area contributed by atoms with Crippen molar-refractivity contribution in [1.82, 2.24) is 5.32 Å². The summed E-state index contributed by atoms with van der Waals surface area (Å²) in [4.78, 5) is 11.4. The molecule has 0 aliphatic heterocycles. The SMILES string of the molecule is CCCCCC(=O)NCCCc1ccccc1. The predicted molar refractivity (Wildman–Crippen MR) is 71.9 cm³/mol. The fourth-order valence-electron chi connectivity index (χ4n) is 1.79. The molecule has 2 nitrogen and oxygen atoms in total. The summed E-state index contributed by atoms with van der Waals surface area (Å²) >= 11 is 0. The van der Waals surface area contributed by atoms with E-state index in [-0.39, 0.29) is 5.91 Å². The van der Waals surface area contributed by atoms with E-state index in [1.54, 1.807) is 0 Å². The lowest BCUT2D eigenvalue weighted by atomic mass is 10.1. The van der Waals surface area contributed by atoms with Crippen LogP contribution >= 0.6 is 0 Å². The summed E-state index contributed by atoms with van der Waals surface area (Å²) in [7, 11) is 0. The summed E-state index contributed by atoms with van der Waals surface area (Å²) < 4.78 is 0. The lowest BCUT2D eigenvalue weighted by Gasteiger charge is -2.05. The summed E-state index contributed by atoms with van der Waals surface area (Å²) in [5.74, 6) is 0.200. The molecule has 0 heterocycles. The van der Waals surface area contributed by atoms with E-state index in [0.29, 0.717) is 6.42 Å². The minimum absolute atomic E-state index is 0.200. The van der Waals surface area contributed by atoms with Crippen molar-refractivity contribution in [3.8, 4) is 0 Å². The van der Waals surface area contributed by atoms with Gasteiger partial charge in [-0.1, -0.05) is 50.1 Å². The molecule has 1 amide bonds. The molecule has 1 aromatic rings. The molecule has 0 unspecified atom stereocenters. The molecule has 0 saturated carbocycles. The van der Waals surface area contributed by atoms with Crippen molar-refractivity contribution in [2.45, 2.75) is 45.4 Å². The zero-order chi connectivity index (χ0) is 12.3. The maximum Gasteiger partial charge on any atom is 0.219 e. The van der Waals surface area contributed by atoms with Crippen LogP contribution in [0.25, 0.3) is 0 Å². The van der Waals surface area contributed by atoms with E-state index in [4.69, 9.17) is 0 Å². The Kier molecular flexibility index (Phi) is 7.12. The van der Waals surface area contributed by atoms with Crippen LogP contribution in [-0.4, -0.2) is 12.5 Å². The maximum absolute atomic E-state index is 11.4. The molecule has 0 spiro atoms. The standard InChI is InChI=1S/C15H23NO/c1-2-3-5-12-15(17)16-13-8-11-14-9-6-4-7-10-14/h4,6-7,9-10H,2-3,5,8,11-13H2,1H3,(H,16,17). The average molecular weight is 233 g/mol. The Morgan fingerprint density at radius 3 is 2.59 bits per heavy atom. The zero-order valence-corrected chi connectivity index (χ0v) is 10.7. The molecule has 1 N–H and O–H groups in total. The second-order valence-electron chi connectivity index (χ2n) is 4.40. The molecule has 0 fully saturated rings. The molecule has 0 radical (unpaired) electrons. The number of benzene rings is 1. The summed E-state index contributed by atoms with van der Waals surface area (Å²) in [5.41, 5.74) is 1.34. The third-order valence-electron chi connectivity index (χ3n) is 2.81. The second kappa shape index (κ2) is 8.80. The third-order valence-corrected chi connectivity index (χ3v) is 2.81. The Balaban J connectivity index is 2.02. The van der Waals surface area contributed by atoms with Crippen molar-refractivity contribution in [3.05, 3.63) is 35.9 Å². The van der Waals surface area contributed by atoms with Crippen molar-refractivity contribution >= 4 is 5.91 Å². The van der Waals surface area contributed by atoms with Crippen LogP contribution in [0, 0.1) is 0 Å². The first kappa shape index (κ1) is 13.8. The quantitative estimate of drug-likeness (QED) is 0.686. The monoisotopic (exact) mass is 233 g/mol. The molecule has 94 valence electrons. The lowest BCUT2D eigenvalue weighted by Crippen LogP contribution is -2.24. The van der Waals surface area contributed by atoms with Crippen LogP contribution in [0.2, 0.25) is 0 Å². The van der Waals surface area contributed by atoms with Gasteiger partial charge in [-0.2, -0.15) is 0 Å². The molecule has 1 rings (SSSR count). The first-order valence-corrected chi connectivity index (χ1v) is 6.63. The molecular formula is C15H23NO. The Morgan fingerprint density at radius 1 is 1.12 bits per heavy atom. The van der Waals surface area contributed by atoms with E-state index in [1.807, 2.05) is 6.07 Å². The van der Waals surface area contributed by atoms with Gasteiger partial charge >= 0.3 is 0 Å². The van der Waals surface area contributed by atoms with Crippen molar-refractivity contribution in [1.29, 1.82) is 0 Å². The predicted octanol–water partition coefficient (Wildman–Crippen LogP) is 3.32. The van der Waals surface area contributed by atoms with Crippen molar-refractivity contribution in [2.24, 2.45) is 0 Å². The van der Waals surface area contributed by atoms with Gasteiger partial charge < -0.3 is 5.32 Å². The van der Waals surface area contributed by atoms with Crippen molar-refractivity contribution < 1.29 is 4.79 Å². The van der Waals surface area contributed by atoms with Gasteiger partial charge in [0.2, 0.25) is 5.91 Å². The van der Waals surface area contributed by atoms with E-state index >= 15 is 0 Å². The van der Waals surface area contributed by atoms with Gasteiger partial charge in [0, 0.05) is 13.0 Å². The number of aryl methyl sites for hydroxylation is 1. The van der Waals surface area contributed by atoms with Gasteiger partial charge in [0.15, 0.2) is 0 Å². The number of nitrogens with one attached hydrogen (secondary N) is 1. The molecule has 0 aliphatic carbocycles. The Labute approximate surface area is 104 Å². The second-order valence-corrected chi connectivity index (χ2v) is 4.40. The molecular weight excluding hydrogens is 210 g/mol. The minimum atomic E-state index is 0.200. The Morgan fingerprint density at radius 2 is 1.88 bits per heavy atom. The Hall–Kier alpha value is -1.31. The first-order valence-electron chi connectivity index (χ1n) is 6.63. The topological polar surface area (TPSA) is 29.1 Å². The number of carbonyl (C=O) groups excluding carboxylic acids is 1. The number of hydrogen-bond donors (Lipinski definition) is 1. The maximum atomic E-state index is 11.4. The van der Waals surface area contributed by atoms with Gasteiger partial charge in [-0.15, -0.1) is 0 Å². The fraction of sp³-hybridized carbons (Fsp3) is 0.533. The van der Waals surface area contributed by atoms with Gasteiger partial charge in [0.1, 0.15) is 0 Å². The van der Waals surface area contributed by atoms with Gasteiger partial charge in [-0.3, -0.25) is 4.79 Å². The normalized spacial score (nSPS) is 10.2.